The van der Waals surface area contributed by atoms with Gasteiger partial charge in [0.1, 0.15) is 5.78 Å². The van der Waals surface area contributed by atoms with Crippen LogP contribution < -0.4 is 0 Å². The Kier molecular flexibility index (Phi) is 5.78. The van der Waals surface area contributed by atoms with E-state index in [9.17, 15) is 9.90 Å². The van der Waals surface area contributed by atoms with Gasteiger partial charge in [0.2, 0.25) is 5.79 Å². The average Bonchev–Trinajstić information content (AvgIpc) is 3.15. The summed E-state index contributed by atoms with van der Waals surface area (Å²) in [6.07, 6.45) is 3.59. The highest BCUT2D eigenvalue weighted by atomic mass is 16.7. The van der Waals surface area contributed by atoms with Crippen LogP contribution in [0.2, 0.25) is 0 Å². The molecule has 1 saturated heterocycles. The van der Waals surface area contributed by atoms with Crippen LogP contribution in [0.4, 0.5) is 0 Å². The van der Waals surface area contributed by atoms with Crippen molar-refractivity contribution in [1.29, 1.82) is 0 Å². The standard InChI is InChI=1S/C30H38O4/c1-19-17-23-24(29(4,5)14-13-28(23,2)3)18-22(19)30(33-15-6-16-34-30)21-9-7-20(8-10-21)27-25(31)11-12-26(27)32/h7-10,17-18,25,27,31H,6,11-16H2,1-5H3. The third-order valence-electron chi connectivity index (χ3n) is 8.52. The van der Waals surface area contributed by atoms with Gasteiger partial charge in [-0.05, 0) is 71.8 Å². The average molecular weight is 463 g/mol. The summed E-state index contributed by atoms with van der Waals surface area (Å²) in [6.45, 7) is 12.8. The van der Waals surface area contributed by atoms with E-state index in [0.29, 0.717) is 26.1 Å². The van der Waals surface area contributed by atoms with Crippen LogP contribution in [0.1, 0.15) is 99.1 Å². The van der Waals surface area contributed by atoms with Gasteiger partial charge in [-0.2, -0.15) is 0 Å². The van der Waals surface area contributed by atoms with Gasteiger partial charge in [-0.3, -0.25) is 4.79 Å². The Bertz CT molecular complexity index is 1090. The lowest BCUT2D eigenvalue weighted by molar-refractivity contribution is -0.249. The maximum absolute atomic E-state index is 12.3. The lowest BCUT2D eigenvalue weighted by atomic mass is 9.62. The second-order valence-corrected chi connectivity index (χ2v) is 11.8. The number of benzene rings is 2. The van der Waals surface area contributed by atoms with Gasteiger partial charge in [0.05, 0.1) is 25.2 Å². The summed E-state index contributed by atoms with van der Waals surface area (Å²) >= 11 is 0. The van der Waals surface area contributed by atoms with Gasteiger partial charge in [-0.1, -0.05) is 58.0 Å². The second-order valence-electron chi connectivity index (χ2n) is 11.8. The van der Waals surface area contributed by atoms with Gasteiger partial charge in [-0.25, -0.2) is 0 Å². The van der Waals surface area contributed by atoms with E-state index < -0.39 is 17.8 Å². The highest BCUT2D eigenvalue weighted by Crippen LogP contribution is 2.49. The number of aliphatic hydroxyl groups is 1. The number of hydrogen-bond donors (Lipinski definition) is 1. The van der Waals surface area contributed by atoms with Crippen molar-refractivity contribution < 1.29 is 19.4 Å². The summed E-state index contributed by atoms with van der Waals surface area (Å²) in [5.74, 6) is -1.27. The normalized spacial score (nSPS) is 27.4. The van der Waals surface area contributed by atoms with E-state index in [1.54, 1.807) is 0 Å². The highest BCUT2D eigenvalue weighted by molar-refractivity contribution is 5.88. The second kappa shape index (κ2) is 8.29. The van der Waals surface area contributed by atoms with Gasteiger partial charge in [-0.15, -0.1) is 0 Å². The Labute approximate surface area is 203 Å². The molecule has 1 N–H and O–H groups in total. The van der Waals surface area contributed by atoms with E-state index in [1.165, 1.54) is 23.1 Å². The van der Waals surface area contributed by atoms with Crippen LogP contribution in [-0.2, 0) is 30.9 Å². The van der Waals surface area contributed by atoms with Crippen LogP contribution in [0.15, 0.2) is 36.4 Å². The first kappa shape index (κ1) is 23.7. The molecule has 2 unspecified atom stereocenters. The summed E-state index contributed by atoms with van der Waals surface area (Å²) < 4.78 is 13.0. The van der Waals surface area contributed by atoms with Crippen molar-refractivity contribution in [2.24, 2.45) is 0 Å². The van der Waals surface area contributed by atoms with E-state index in [2.05, 4.69) is 46.8 Å². The minimum Gasteiger partial charge on any atom is -0.392 e. The monoisotopic (exact) mass is 462 g/mol. The van der Waals surface area contributed by atoms with E-state index in [-0.39, 0.29) is 16.6 Å². The first-order valence-electron chi connectivity index (χ1n) is 12.8. The summed E-state index contributed by atoms with van der Waals surface area (Å²) in [5.41, 5.74) is 7.11. The zero-order valence-electron chi connectivity index (χ0n) is 21.2. The van der Waals surface area contributed by atoms with Crippen molar-refractivity contribution >= 4 is 5.78 Å². The number of ketones is 1. The molecule has 0 spiro atoms. The molecule has 2 aromatic rings. The summed E-state index contributed by atoms with van der Waals surface area (Å²) in [4.78, 5) is 12.3. The molecule has 182 valence electrons. The van der Waals surface area contributed by atoms with Crippen LogP contribution >= 0.6 is 0 Å². The van der Waals surface area contributed by atoms with Crippen LogP contribution in [0.3, 0.4) is 0 Å². The zero-order valence-corrected chi connectivity index (χ0v) is 21.2. The Hall–Kier alpha value is -2.01. The van der Waals surface area contributed by atoms with E-state index >= 15 is 0 Å². The minimum atomic E-state index is -0.966. The number of hydrogen-bond acceptors (Lipinski definition) is 4. The number of fused-ring (bicyclic) bond motifs is 1. The fourth-order valence-corrected chi connectivity index (χ4v) is 6.23. The SMILES string of the molecule is Cc1cc2c(cc1C1(c3ccc(C4C(=O)CCC4O)cc3)OCCCO1)C(C)(C)CCC2(C)C. The number of Topliss-reactive ketones (excluding diaryl/α,β-unsaturated/α-hetero) is 1. The Morgan fingerprint density at radius 3 is 2.03 bits per heavy atom. The molecule has 34 heavy (non-hydrogen) atoms. The molecule has 0 amide bonds. The van der Waals surface area contributed by atoms with E-state index in [4.69, 9.17) is 9.47 Å². The number of aliphatic hydroxyl groups excluding tert-OH is 1. The Balaban J connectivity index is 1.62. The fourth-order valence-electron chi connectivity index (χ4n) is 6.23. The van der Waals surface area contributed by atoms with Gasteiger partial charge in [0.15, 0.2) is 0 Å². The van der Waals surface area contributed by atoms with Gasteiger partial charge in [0, 0.05) is 17.5 Å². The minimum absolute atomic E-state index is 0.0893. The molecule has 2 atom stereocenters. The molecule has 4 heteroatoms. The molecule has 4 nitrogen and oxygen atoms in total. The zero-order chi connectivity index (χ0) is 24.3. The lowest BCUT2D eigenvalue weighted by Gasteiger charge is -2.44. The molecule has 1 saturated carbocycles. The maximum Gasteiger partial charge on any atom is 0.222 e. The molecule has 1 heterocycles. The molecular formula is C30H38O4. The van der Waals surface area contributed by atoms with E-state index in [0.717, 1.165) is 29.5 Å². The van der Waals surface area contributed by atoms with Crippen LogP contribution in [0.5, 0.6) is 0 Å². The molecular weight excluding hydrogens is 424 g/mol. The van der Waals surface area contributed by atoms with Gasteiger partial charge < -0.3 is 14.6 Å². The van der Waals surface area contributed by atoms with Crippen LogP contribution in [0.25, 0.3) is 0 Å². The van der Waals surface area contributed by atoms with Gasteiger partial charge in [0.25, 0.3) is 0 Å². The largest absolute Gasteiger partial charge is 0.392 e. The smallest absolute Gasteiger partial charge is 0.222 e. The molecule has 2 aliphatic carbocycles. The van der Waals surface area contributed by atoms with Gasteiger partial charge >= 0.3 is 0 Å². The molecule has 2 fully saturated rings. The predicted molar refractivity (Wildman–Crippen MR) is 133 cm³/mol. The summed E-state index contributed by atoms with van der Waals surface area (Å²) in [6, 6.07) is 12.7. The molecule has 0 bridgehead atoms. The number of rotatable bonds is 3. The van der Waals surface area contributed by atoms with Crippen LogP contribution in [-0.4, -0.2) is 30.2 Å². The maximum atomic E-state index is 12.3. The van der Waals surface area contributed by atoms with Crippen molar-refractivity contribution in [3.63, 3.8) is 0 Å². The topological polar surface area (TPSA) is 55.8 Å². The molecule has 1 aliphatic heterocycles. The molecule has 5 rings (SSSR count). The molecule has 2 aromatic carbocycles. The first-order chi connectivity index (χ1) is 16.1. The van der Waals surface area contributed by atoms with Crippen molar-refractivity contribution in [3.05, 3.63) is 69.8 Å². The number of carbonyl (C=O) groups excluding carboxylic acids is 1. The van der Waals surface area contributed by atoms with Crippen molar-refractivity contribution in [2.45, 2.75) is 95.4 Å². The number of aryl methyl sites for hydroxylation is 1. The summed E-state index contributed by atoms with van der Waals surface area (Å²) in [5, 5.41) is 10.3. The highest BCUT2D eigenvalue weighted by Gasteiger charge is 2.44. The fraction of sp³-hybridized carbons (Fsp3) is 0.567. The van der Waals surface area contributed by atoms with Crippen molar-refractivity contribution in [2.75, 3.05) is 13.2 Å². The summed E-state index contributed by atoms with van der Waals surface area (Å²) in [7, 11) is 0. The molecule has 0 aromatic heterocycles. The molecule has 0 radical (unpaired) electrons. The van der Waals surface area contributed by atoms with Crippen molar-refractivity contribution in [3.8, 4) is 0 Å². The molecule has 3 aliphatic rings. The van der Waals surface area contributed by atoms with E-state index in [1.807, 2.05) is 24.3 Å². The first-order valence-corrected chi connectivity index (χ1v) is 12.8. The van der Waals surface area contributed by atoms with Crippen molar-refractivity contribution in [1.82, 2.24) is 0 Å². The lowest BCUT2D eigenvalue weighted by Crippen LogP contribution is -2.41. The Morgan fingerprint density at radius 2 is 1.47 bits per heavy atom. The van der Waals surface area contributed by atoms with Crippen LogP contribution in [0, 0.1) is 6.92 Å². The Morgan fingerprint density at radius 1 is 0.882 bits per heavy atom. The quantitative estimate of drug-likeness (QED) is 0.627. The third-order valence-corrected chi connectivity index (χ3v) is 8.52. The number of ether oxygens (including phenoxy) is 2. The number of carbonyl (C=O) groups is 1. The predicted octanol–water partition coefficient (Wildman–Crippen LogP) is 5.79. The third kappa shape index (κ3) is 3.75.